The van der Waals surface area contributed by atoms with E-state index in [1.54, 1.807) is 37.1 Å². The largest absolute Gasteiger partial charge is 0.497 e. The number of carboxylic acids is 1. The monoisotopic (exact) mass is 303 g/mol. The fourth-order valence-electron chi connectivity index (χ4n) is 2.63. The fraction of sp³-hybridized carbons (Fsp3) is 0.400. The van der Waals surface area contributed by atoms with Crippen LogP contribution in [0.15, 0.2) is 18.2 Å². The molecule has 0 bridgehead atoms. The normalized spacial score (nSPS) is 14.5. The fourth-order valence-corrected chi connectivity index (χ4v) is 2.63. The Morgan fingerprint density at radius 3 is 2.64 bits per heavy atom. The summed E-state index contributed by atoms with van der Waals surface area (Å²) in [5.74, 6) is 0.331. The highest BCUT2D eigenvalue weighted by Gasteiger charge is 2.31. The quantitative estimate of drug-likeness (QED) is 0.911. The van der Waals surface area contributed by atoms with Crippen LogP contribution in [0.25, 0.3) is 5.69 Å². The maximum absolute atomic E-state index is 11.4. The Morgan fingerprint density at radius 1 is 1.32 bits per heavy atom. The number of aromatic nitrogens is 3. The predicted octanol–water partition coefficient (Wildman–Crippen LogP) is 2.25. The maximum atomic E-state index is 11.4. The van der Waals surface area contributed by atoms with Gasteiger partial charge in [0.15, 0.2) is 5.69 Å². The highest BCUT2D eigenvalue weighted by atomic mass is 16.5. The zero-order valence-electron chi connectivity index (χ0n) is 12.4. The summed E-state index contributed by atoms with van der Waals surface area (Å²) in [6.07, 6.45) is 2.98. The Hall–Kier alpha value is -2.57. The summed E-state index contributed by atoms with van der Waals surface area (Å²) in [6, 6.07) is 5.31. The minimum Gasteiger partial charge on any atom is -0.497 e. The van der Waals surface area contributed by atoms with Crippen molar-refractivity contribution in [3.8, 4) is 17.2 Å². The summed E-state index contributed by atoms with van der Waals surface area (Å²) >= 11 is 0. The lowest BCUT2D eigenvalue weighted by Crippen LogP contribution is -2.18. The van der Waals surface area contributed by atoms with Crippen LogP contribution < -0.4 is 9.47 Å². The molecule has 1 fully saturated rings. The second-order valence-corrected chi connectivity index (χ2v) is 5.21. The second kappa shape index (κ2) is 5.67. The molecule has 1 saturated carbocycles. The Labute approximate surface area is 127 Å². The second-order valence-electron chi connectivity index (χ2n) is 5.21. The number of carboxylic acid groups (broad SMARTS) is 1. The lowest BCUT2D eigenvalue weighted by Gasteiger charge is -2.26. The predicted molar refractivity (Wildman–Crippen MR) is 78.0 cm³/mol. The minimum atomic E-state index is -1.06. The van der Waals surface area contributed by atoms with Gasteiger partial charge in [0, 0.05) is 12.0 Å². The first-order valence-corrected chi connectivity index (χ1v) is 7.07. The van der Waals surface area contributed by atoms with Crippen molar-refractivity contribution in [2.75, 3.05) is 14.2 Å². The van der Waals surface area contributed by atoms with Crippen LogP contribution in [0.5, 0.6) is 11.5 Å². The van der Waals surface area contributed by atoms with Gasteiger partial charge in [-0.3, -0.25) is 0 Å². The molecular weight excluding hydrogens is 286 g/mol. The summed E-state index contributed by atoms with van der Waals surface area (Å²) in [5.41, 5.74) is 1.27. The number of nitrogens with zero attached hydrogens (tertiary/aromatic N) is 3. The topological polar surface area (TPSA) is 86.5 Å². The van der Waals surface area contributed by atoms with Gasteiger partial charge in [0.25, 0.3) is 0 Å². The summed E-state index contributed by atoms with van der Waals surface area (Å²) < 4.78 is 12.2. The number of carbonyl (C=O) groups is 1. The van der Waals surface area contributed by atoms with Crippen molar-refractivity contribution >= 4 is 5.97 Å². The SMILES string of the molecule is COc1ccc(OC)c(-n2nnc(C(=O)O)c2C2CCC2)c1. The number of hydrogen-bond donors (Lipinski definition) is 1. The van der Waals surface area contributed by atoms with Gasteiger partial charge in [-0.25, -0.2) is 9.48 Å². The molecule has 0 spiro atoms. The molecule has 2 aromatic rings. The molecule has 0 amide bonds. The molecule has 1 aromatic carbocycles. The zero-order valence-corrected chi connectivity index (χ0v) is 12.4. The van der Waals surface area contributed by atoms with E-state index in [-0.39, 0.29) is 11.6 Å². The van der Waals surface area contributed by atoms with Gasteiger partial charge in [-0.05, 0) is 25.0 Å². The third-order valence-electron chi connectivity index (χ3n) is 4.01. The van der Waals surface area contributed by atoms with Gasteiger partial charge in [-0.15, -0.1) is 5.10 Å². The third kappa shape index (κ3) is 2.28. The van der Waals surface area contributed by atoms with Crippen LogP contribution in [0.3, 0.4) is 0 Å². The maximum Gasteiger partial charge on any atom is 0.358 e. The van der Waals surface area contributed by atoms with Gasteiger partial charge in [-0.1, -0.05) is 11.6 Å². The van der Waals surface area contributed by atoms with Crippen molar-refractivity contribution < 1.29 is 19.4 Å². The van der Waals surface area contributed by atoms with Crippen molar-refractivity contribution in [1.29, 1.82) is 0 Å². The van der Waals surface area contributed by atoms with E-state index in [9.17, 15) is 9.90 Å². The number of benzene rings is 1. The van der Waals surface area contributed by atoms with E-state index in [0.29, 0.717) is 22.9 Å². The van der Waals surface area contributed by atoms with Crippen LogP contribution in [-0.4, -0.2) is 40.3 Å². The van der Waals surface area contributed by atoms with E-state index in [2.05, 4.69) is 10.3 Å². The average molecular weight is 303 g/mol. The molecule has 1 aliphatic carbocycles. The molecular formula is C15H17N3O4. The van der Waals surface area contributed by atoms with Crippen LogP contribution in [0.1, 0.15) is 41.4 Å². The van der Waals surface area contributed by atoms with Crippen molar-refractivity contribution in [3.05, 3.63) is 29.6 Å². The van der Waals surface area contributed by atoms with E-state index < -0.39 is 5.97 Å². The first-order chi connectivity index (χ1) is 10.7. The summed E-state index contributed by atoms with van der Waals surface area (Å²) in [4.78, 5) is 11.4. The van der Waals surface area contributed by atoms with E-state index in [4.69, 9.17) is 9.47 Å². The highest BCUT2D eigenvalue weighted by Crippen LogP contribution is 2.39. The molecule has 1 aromatic heterocycles. The average Bonchev–Trinajstić information content (AvgIpc) is 2.89. The zero-order chi connectivity index (χ0) is 15.7. The van der Waals surface area contributed by atoms with Crippen molar-refractivity contribution in [3.63, 3.8) is 0 Å². The van der Waals surface area contributed by atoms with Gasteiger partial charge >= 0.3 is 5.97 Å². The van der Waals surface area contributed by atoms with Crippen LogP contribution in [0, 0.1) is 0 Å². The molecule has 0 unspecified atom stereocenters. The van der Waals surface area contributed by atoms with E-state index in [0.717, 1.165) is 19.3 Å². The lowest BCUT2D eigenvalue weighted by molar-refractivity contribution is 0.0687. The summed E-state index contributed by atoms with van der Waals surface area (Å²) in [5, 5.41) is 17.2. The molecule has 1 N–H and O–H groups in total. The lowest BCUT2D eigenvalue weighted by atomic mass is 9.82. The Bertz CT molecular complexity index is 707. The Morgan fingerprint density at radius 2 is 2.09 bits per heavy atom. The number of ether oxygens (including phenoxy) is 2. The van der Waals surface area contributed by atoms with Gasteiger partial charge in [0.2, 0.25) is 0 Å². The van der Waals surface area contributed by atoms with Crippen LogP contribution in [0.2, 0.25) is 0 Å². The Kier molecular flexibility index (Phi) is 3.70. The molecule has 22 heavy (non-hydrogen) atoms. The highest BCUT2D eigenvalue weighted by molar-refractivity contribution is 5.87. The molecule has 0 atom stereocenters. The van der Waals surface area contributed by atoms with Crippen LogP contribution >= 0.6 is 0 Å². The van der Waals surface area contributed by atoms with E-state index in [1.165, 1.54) is 0 Å². The number of hydrogen-bond acceptors (Lipinski definition) is 5. The van der Waals surface area contributed by atoms with Crippen molar-refractivity contribution in [2.24, 2.45) is 0 Å². The van der Waals surface area contributed by atoms with Gasteiger partial charge in [0.1, 0.15) is 17.2 Å². The minimum absolute atomic E-state index is 0.00886. The standard InChI is InChI=1S/C15H17N3O4/c1-21-10-6-7-12(22-2)11(8-10)18-14(9-4-3-5-9)13(15(19)20)16-17-18/h6-9H,3-5H2,1-2H3,(H,19,20). The third-order valence-corrected chi connectivity index (χ3v) is 4.01. The molecule has 1 aliphatic rings. The van der Waals surface area contributed by atoms with E-state index in [1.807, 2.05) is 0 Å². The van der Waals surface area contributed by atoms with Crippen molar-refractivity contribution in [2.45, 2.75) is 25.2 Å². The van der Waals surface area contributed by atoms with Crippen molar-refractivity contribution in [1.82, 2.24) is 15.0 Å². The molecule has 0 radical (unpaired) electrons. The van der Waals surface area contributed by atoms with Gasteiger partial charge in [0.05, 0.1) is 19.9 Å². The number of rotatable bonds is 5. The molecule has 116 valence electrons. The first-order valence-electron chi connectivity index (χ1n) is 7.07. The number of aromatic carboxylic acids is 1. The summed E-state index contributed by atoms with van der Waals surface area (Å²) in [7, 11) is 3.13. The summed E-state index contributed by atoms with van der Waals surface area (Å²) in [6.45, 7) is 0. The molecule has 0 aliphatic heterocycles. The van der Waals surface area contributed by atoms with Gasteiger partial charge in [-0.2, -0.15) is 0 Å². The molecule has 7 heteroatoms. The molecule has 3 rings (SSSR count). The first kappa shape index (κ1) is 14.4. The molecule has 1 heterocycles. The van der Waals surface area contributed by atoms with Crippen LogP contribution in [0.4, 0.5) is 0 Å². The molecule has 7 nitrogen and oxygen atoms in total. The molecule has 0 saturated heterocycles. The van der Waals surface area contributed by atoms with Crippen LogP contribution in [-0.2, 0) is 0 Å². The number of methoxy groups -OCH3 is 2. The van der Waals surface area contributed by atoms with Gasteiger partial charge < -0.3 is 14.6 Å². The van der Waals surface area contributed by atoms with E-state index >= 15 is 0 Å². The Balaban J connectivity index is 2.17. The smallest absolute Gasteiger partial charge is 0.358 e.